The summed E-state index contributed by atoms with van der Waals surface area (Å²) in [6.45, 7) is 2.55. The van der Waals surface area contributed by atoms with Gasteiger partial charge in [0.1, 0.15) is 5.75 Å². The molecule has 5 heteroatoms. The lowest BCUT2D eigenvalue weighted by Gasteiger charge is -2.16. The summed E-state index contributed by atoms with van der Waals surface area (Å²) in [5.74, 6) is 0.793. The highest BCUT2D eigenvalue weighted by atomic mass is 79.9. The third kappa shape index (κ3) is 2.79. The van der Waals surface area contributed by atoms with Crippen molar-refractivity contribution in [2.24, 2.45) is 5.73 Å². The van der Waals surface area contributed by atoms with Crippen LogP contribution in [0.1, 0.15) is 24.1 Å². The molecule has 96 valence electrons. The zero-order valence-electron chi connectivity index (χ0n) is 9.82. The minimum absolute atomic E-state index is 0.294. The molecule has 2 aromatic rings. The van der Waals surface area contributed by atoms with Gasteiger partial charge in [-0.1, -0.05) is 15.9 Å². The lowest BCUT2D eigenvalue weighted by Crippen LogP contribution is -2.13. The average Bonchev–Trinajstić information content (AvgIpc) is 2.77. The lowest BCUT2D eigenvalue weighted by atomic mass is 10.0. The summed E-state index contributed by atoms with van der Waals surface area (Å²) >= 11 is 6.80. The Labute approximate surface area is 123 Å². The molecular formula is C13H13Br2NO2. The smallest absolute Gasteiger partial charge is 0.174 e. The number of rotatable bonds is 4. The SMILES string of the molecule is CCOc1ccc(Br)cc1C(N)c1ccoc1Br. The van der Waals surface area contributed by atoms with E-state index in [0.717, 1.165) is 21.3 Å². The predicted octanol–water partition coefficient (Wildman–Crippen LogP) is 4.25. The molecule has 18 heavy (non-hydrogen) atoms. The van der Waals surface area contributed by atoms with Gasteiger partial charge in [-0.05, 0) is 47.1 Å². The fourth-order valence-corrected chi connectivity index (χ4v) is 2.61. The third-order valence-electron chi connectivity index (χ3n) is 2.59. The Kier molecular flexibility index (Phi) is 4.48. The Bertz CT molecular complexity index is 540. The highest BCUT2D eigenvalue weighted by Crippen LogP contribution is 2.34. The van der Waals surface area contributed by atoms with E-state index in [1.165, 1.54) is 0 Å². The van der Waals surface area contributed by atoms with E-state index in [-0.39, 0.29) is 6.04 Å². The molecular weight excluding hydrogens is 362 g/mol. The Balaban J connectivity index is 2.43. The van der Waals surface area contributed by atoms with Crippen LogP contribution >= 0.6 is 31.9 Å². The van der Waals surface area contributed by atoms with E-state index < -0.39 is 0 Å². The van der Waals surface area contributed by atoms with Gasteiger partial charge in [-0.3, -0.25) is 0 Å². The van der Waals surface area contributed by atoms with Crippen LogP contribution in [0, 0.1) is 0 Å². The van der Waals surface area contributed by atoms with Crippen molar-refractivity contribution in [3.8, 4) is 5.75 Å². The van der Waals surface area contributed by atoms with Crippen molar-refractivity contribution >= 4 is 31.9 Å². The Morgan fingerprint density at radius 2 is 2.06 bits per heavy atom. The Morgan fingerprint density at radius 1 is 1.28 bits per heavy atom. The summed E-state index contributed by atoms with van der Waals surface area (Å²) in [6.07, 6.45) is 1.61. The van der Waals surface area contributed by atoms with Crippen LogP contribution in [0.2, 0.25) is 0 Å². The third-order valence-corrected chi connectivity index (χ3v) is 3.73. The van der Waals surface area contributed by atoms with Crippen molar-refractivity contribution in [2.75, 3.05) is 6.61 Å². The van der Waals surface area contributed by atoms with Crippen molar-refractivity contribution in [1.82, 2.24) is 0 Å². The molecule has 1 heterocycles. The minimum atomic E-state index is -0.294. The zero-order valence-corrected chi connectivity index (χ0v) is 13.0. The van der Waals surface area contributed by atoms with Gasteiger partial charge in [-0.25, -0.2) is 0 Å². The van der Waals surface area contributed by atoms with Crippen molar-refractivity contribution < 1.29 is 9.15 Å². The fraction of sp³-hybridized carbons (Fsp3) is 0.231. The van der Waals surface area contributed by atoms with E-state index >= 15 is 0 Å². The minimum Gasteiger partial charge on any atom is -0.494 e. The van der Waals surface area contributed by atoms with Crippen molar-refractivity contribution in [2.45, 2.75) is 13.0 Å². The molecule has 0 aliphatic heterocycles. The van der Waals surface area contributed by atoms with E-state index in [2.05, 4.69) is 31.9 Å². The highest BCUT2D eigenvalue weighted by Gasteiger charge is 2.18. The van der Waals surface area contributed by atoms with Gasteiger partial charge in [0.15, 0.2) is 4.67 Å². The van der Waals surface area contributed by atoms with Crippen LogP contribution < -0.4 is 10.5 Å². The van der Waals surface area contributed by atoms with Gasteiger partial charge >= 0.3 is 0 Å². The number of hydrogen-bond donors (Lipinski definition) is 1. The first-order valence-corrected chi connectivity index (χ1v) is 7.12. The van der Waals surface area contributed by atoms with Crippen LogP contribution in [0.3, 0.4) is 0 Å². The largest absolute Gasteiger partial charge is 0.494 e. The molecule has 3 nitrogen and oxygen atoms in total. The molecule has 0 aliphatic carbocycles. The first-order valence-electron chi connectivity index (χ1n) is 5.54. The molecule has 1 aromatic carbocycles. The lowest BCUT2D eigenvalue weighted by molar-refractivity contribution is 0.335. The second-order valence-electron chi connectivity index (χ2n) is 3.74. The molecule has 1 aromatic heterocycles. The first kappa shape index (κ1) is 13.6. The molecule has 2 rings (SSSR count). The van der Waals surface area contributed by atoms with Crippen LogP contribution in [0.25, 0.3) is 0 Å². The number of hydrogen-bond acceptors (Lipinski definition) is 3. The summed E-state index contributed by atoms with van der Waals surface area (Å²) in [5, 5.41) is 0. The molecule has 0 saturated heterocycles. The molecule has 2 N–H and O–H groups in total. The van der Waals surface area contributed by atoms with E-state index in [4.69, 9.17) is 14.9 Å². The van der Waals surface area contributed by atoms with Gasteiger partial charge in [-0.15, -0.1) is 0 Å². The Hall–Kier alpha value is -0.780. The normalized spacial score (nSPS) is 12.4. The molecule has 1 atom stereocenters. The van der Waals surface area contributed by atoms with Gasteiger partial charge in [0, 0.05) is 15.6 Å². The molecule has 0 radical (unpaired) electrons. The number of nitrogens with two attached hydrogens (primary N) is 1. The van der Waals surface area contributed by atoms with E-state index in [1.807, 2.05) is 31.2 Å². The van der Waals surface area contributed by atoms with Crippen LogP contribution in [0.4, 0.5) is 0 Å². The molecule has 0 fully saturated rings. The second kappa shape index (κ2) is 5.91. The average molecular weight is 375 g/mol. The van der Waals surface area contributed by atoms with Crippen molar-refractivity contribution in [3.05, 3.63) is 50.8 Å². The van der Waals surface area contributed by atoms with E-state index in [9.17, 15) is 0 Å². The summed E-state index contributed by atoms with van der Waals surface area (Å²) in [6, 6.07) is 7.38. The van der Waals surface area contributed by atoms with Gasteiger partial charge in [0.05, 0.1) is 18.9 Å². The van der Waals surface area contributed by atoms with Gasteiger partial charge in [0.2, 0.25) is 0 Å². The zero-order chi connectivity index (χ0) is 13.1. The number of ether oxygens (including phenoxy) is 1. The monoisotopic (exact) mass is 373 g/mol. The van der Waals surface area contributed by atoms with Crippen molar-refractivity contribution in [3.63, 3.8) is 0 Å². The summed E-state index contributed by atoms with van der Waals surface area (Å²) in [7, 11) is 0. The first-order chi connectivity index (χ1) is 8.63. The van der Waals surface area contributed by atoms with Gasteiger partial charge in [-0.2, -0.15) is 0 Å². The maximum absolute atomic E-state index is 6.27. The summed E-state index contributed by atoms with van der Waals surface area (Å²) in [4.78, 5) is 0. The second-order valence-corrected chi connectivity index (χ2v) is 5.38. The maximum atomic E-state index is 6.27. The molecule has 0 amide bonds. The van der Waals surface area contributed by atoms with Crippen LogP contribution in [0.5, 0.6) is 5.75 Å². The van der Waals surface area contributed by atoms with E-state index in [0.29, 0.717) is 11.3 Å². The number of furan rings is 1. The van der Waals surface area contributed by atoms with Crippen molar-refractivity contribution in [1.29, 1.82) is 0 Å². The topological polar surface area (TPSA) is 48.4 Å². The maximum Gasteiger partial charge on any atom is 0.174 e. The van der Waals surface area contributed by atoms with Crippen LogP contribution in [-0.4, -0.2) is 6.61 Å². The molecule has 0 bridgehead atoms. The summed E-state index contributed by atoms with van der Waals surface area (Å²) < 4.78 is 12.4. The number of halogens is 2. The predicted molar refractivity (Wildman–Crippen MR) is 77.7 cm³/mol. The Morgan fingerprint density at radius 3 is 2.67 bits per heavy atom. The number of benzene rings is 1. The van der Waals surface area contributed by atoms with E-state index in [1.54, 1.807) is 6.26 Å². The molecule has 0 aliphatic rings. The van der Waals surface area contributed by atoms with Gasteiger partial charge in [0.25, 0.3) is 0 Å². The highest BCUT2D eigenvalue weighted by molar-refractivity contribution is 9.10. The standard InChI is InChI=1S/C13H13Br2NO2/c1-2-17-11-4-3-8(14)7-10(11)12(16)9-5-6-18-13(9)15/h3-7,12H,2,16H2,1H3. The quantitative estimate of drug-likeness (QED) is 0.870. The fourth-order valence-electron chi connectivity index (χ4n) is 1.74. The van der Waals surface area contributed by atoms with Crippen LogP contribution in [-0.2, 0) is 0 Å². The van der Waals surface area contributed by atoms with Crippen LogP contribution in [0.15, 0.2) is 44.1 Å². The molecule has 1 unspecified atom stereocenters. The molecule has 0 saturated carbocycles. The van der Waals surface area contributed by atoms with Gasteiger partial charge < -0.3 is 14.9 Å². The molecule has 0 spiro atoms. The summed E-state index contributed by atoms with van der Waals surface area (Å²) in [5.41, 5.74) is 8.09.